The van der Waals surface area contributed by atoms with Crippen molar-refractivity contribution >= 4 is 66.6 Å². The summed E-state index contributed by atoms with van der Waals surface area (Å²) in [6.07, 6.45) is 14.2. The molecule has 12 rings (SSSR count). The third-order valence-corrected chi connectivity index (χ3v) is 13.0. The van der Waals surface area contributed by atoms with Crippen LogP contribution >= 0.6 is 0 Å². The van der Waals surface area contributed by atoms with Crippen molar-refractivity contribution in [1.82, 2.24) is 14.4 Å². The lowest BCUT2D eigenvalue weighted by Crippen LogP contribution is -2.02. The Labute approximate surface area is 337 Å². The molecular weight excluding hydrogens is 703 g/mol. The lowest BCUT2D eigenvalue weighted by Gasteiger charge is -2.19. The van der Waals surface area contributed by atoms with Crippen molar-refractivity contribution in [2.45, 2.75) is 39.0 Å². The number of hydrogen-bond acceptors (Lipinski definition) is 2. The van der Waals surface area contributed by atoms with E-state index in [1.807, 2.05) is 0 Å². The van der Waals surface area contributed by atoms with E-state index >= 15 is 0 Å². The summed E-state index contributed by atoms with van der Waals surface area (Å²) in [5.41, 5.74) is 22.6. The van der Waals surface area contributed by atoms with Crippen LogP contribution < -0.4 is 0 Å². The fourth-order valence-electron chi connectivity index (χ4n) is 10.4. The molecule has 0 saturated carbocycles. The standard InChI is InChI=1S/C55H39N3/c1-3-34-16-10-15-25-45-48(34)52-47(31-56-45)58-46-32-57-54-33(2)26-28-43(54)50(46)53-49(41-24-14-13-22-39(41)36-19-8-5-9-20-36)42-29-27-37(30-44(42)51(52)55(53)58)40-23-12-11-21-38(40)35-17-6-4-7-18-35/h4-9,11-15,17-25,27-32,34H,3,10,16H2,1-2H3. The van der Waals surface area contributed by atoms with E-state index in [2.05, 4.69) is 182 Å². The van der Waals surface area contributed by atoms with Crippen LogP contribution in [-0.4, -0.2) is 14.4 Å². The Morgan fingerprint density at radius 1 is 0.638 bits per heavy atom. The minimum Gasteiger partial charge on any atom is -0.305 e. The molecule has 6 aromatic carbocycles. The van der Waals surface area contributed by atoms with Gasteiger partial charge in [0.15, 0.2) is 0 Å². The highest BCUT2D eigenvalue weighted by Gasteiger charge is 2.31. The first-order chi connectivity index (χ1) is 28.7. The number of hydrogen-bond donors (Lipinski definition) is 0. The third kappa shape index (κ3) is 4.63. The number of aromatic nitrogens is 3. The van der Waals surface area contributed by atoms with Crippen molar-refractivity contribution in [3.05, 3.63) is 174 Å². The molecule has 0 amide bonds. The molecule has 0 saturated heterocycles. The van der Waals surface area contributed by atoms with E-state index in [0.717, 1.165) is 52.8 Å². The van der Waals surface area contributed by atoms with Crippen LogP contribution in [0.15, 0.2) is 152 Å². The minimum absolute atomic E-state index is 0.394. The maximum atomic E-state index is 5.26. The van der Waals surface area contributed by atoms with Gasteiger partial charge in [-0.3, -0.25) is 9.97 Å². The second-order valence-electron chi connectivity index (χ2n) is 16.0. The highest BCUT2D eigenvalue weighted by Crippen LogP contribution is 2.54. The maximum absolute atomic E-state index is 5.26. The average molecular weight is 742 g/mol. The monoisotopic (exact) mass is 741 g/mol. The summed E-state index contributed by atoms with van der Waals surface area (Å²) < 4.78 is 2.51. The Morgan fingerprint density at radius 3 is 2.00 bits per heavy atom. The van der Waals surface area contributed by atoms with Crippen molar-refractivity contribution in [3.8, 4) is 44.5 Å². The summed E-state index contributed by atoms with van der Waals surface area (Å²) in [6.45, 7) is 4.47. The first-order valence-electron chi connectivity index (χ1n) is 20.6. The Bertz CT molecular complexity index is 3410. The van der Waals surface area contributed by atoms with Gasteiger partial charge in [-0.15, -0.1) is 5.73 Å². The van der Waals surface area contributed by atoms with Crippen LogP contribution in [0.4, 0.5) is 0 Å². The second-order valence-corrected chi connectivity index (χ2v) is 16.0. The van der Waals surface area contributed by atoms with E-state index in [-0.39, 0.29) is 0 Å². The normalized spacial score (nSPS) is 14.9. The van der Waals surface area contributed by atoms with Crippen molar-refractivity contribution in [3.63, 3.8) is 0 Å². The summed E-state index contributed by atoms with van der Waals surface area (Å²) >= 11 is 0. The number of benzene rings is 6. The number of nitrogens with zero attached hydrogens (tertiary/aromatic N) is 3. The van der Waals surface area contributed by atoms with Gasteiger partial charge in [-0.05, 0) is 106 Å². The van der Waals surface area contributed by atoms with Gasteiger partial charge in [-0.25, -0.2) is 0 Å². The lowest BCUT2D eigenvalue weighted by molar-refractivity contribution is 0.619. The molecule has 0 bridgehead atoms. The van der Waals surface area contributed by atoms with Crippen molar-refractivity contribution in [2.75, 3.05) is 0 Å². The van der Waals surface area contributed by atoms with Crippen LogP contribution in [-0.2, 0) is 0 Å². The zero-order chi connectivity index (χ0) is 38.5. The van der Waals surface area contributed by atoms with E-state index in [1.54, 1.807) is 0 Å². The Kier molecular flexibility index (Phi) is 7.27. The molecule has 0 N–H and O–H groups in total. The van der Waals surface area contributed by atoms with Crippen molar-refractivity contribution in [2.24, 2.45) is 0 Å². The molecule has 2 aliphatic rings. The predicted octanol–water partition coefficient (Wildman–Crippen LogP) is 14.8. The van der Waals surface area contributed by atoms with Gasteiger partial charge in [0.25, 0.3) is 0 Å². The average Bonchev–Trinajstić information content (AvgIpc) is 3.89. The molecular formula is C55H39N3. The third-order valence-electron chi connectivity index (χ3n) is 13.0. The predicted molar refractivity (Wildman–Crippen MR) is 244 cm³/mol. The van der Waals surface area contributed by atoms with Gasteiger partial charge in [-0.2, -0.15) is 0 Å². The molecule has 4 aromatic heterocycles. The van der Waals surface area contributed by atoms with Crippen LogP contribution in [0.1, 0.15) is 61.5 Å². The van der Waals surface area contributed by atoms with Crippen LogP contribution in [0.25, 0.3) is 111 Å². The molecule has 0 radical (unpaired) electrons. The van der Waals surface area contributed by atoms with Gasteiger partial charge >= 0.3 is 0 Å². The number of fused-ring (bicyclic) bond motifs is 12. The van der Waals surface area contributed by atoms with Crippen LogP contribution in [0.2, 0.25) is 0 Å². The van der Waals surface area contributed by atoms with Crippen molar-refractivity contribution in [1.29, 1.82) is 0 Å². The second kappa shape index (κ2) is 12.7. The van der Waals surface area contributed by atoms with Crippen LogP contribution in [0, 0.1) is 0 Å². The van der Waals surface area contributed by atoms with E-state index in [0.29, 0.717) is 5.92 Å². The summed E-state index contributed by atoms with van der Waals surface area (Å²) in [4.78, 5) is 10.4. The lowest BCUT2D eigenvalue weighted by atomic mass is 9.83. The molecule has 10 aromatic rings. The van der Waals surface area contributed by atoms with Gasteiger partial charge < -0.3 is 4.40 Å². The quantitative estimate of drug-likeness (QED) is 0.164. The molecule has 58 heavy (non-hydrogen) atoms. The summed E-state index contributed by atoms with van der Waals surface area (Å²) in [6, 6.07) is 46.8. The molecule has 0 aliphatic heterocycles. The molecule has 1 atom stereocenters. The van der Waals surface area contributed by atoms with Crippen molar-refractivity contribution < 1.29 is 0 Å². The van der Waals surface area contributed by atoms with Crippen LogP contribution in [0.3, 0.4) is 0 Å². The van der Waals surface area contributed by atoms with E-state index in [4.69, 9.17) is 9.97 Å². The Balaban J connectivity index is 1.33. The van der Waals surface area contributed by atoms with E-state index in [1.165, 1.54) is 87.9 Å². The van der Waals surface area contributed by atoms with E-state index < -0.39 is 0 Å². The van der Waals surface area contributed by atoms with Gasteiger partial charge in [0.1, 0.15) is 0 Å². The van der Waals surface area contributed by atoms with Gasteiger partial charge in [0.05, 0.1) is 40.3 Å². The summed E-state index contributed by atoms with van der Waals surface area (Å²) in [7, 11) is 0. The first-order valence-corrected chi connectivity index (χ1v) is 20.6. The van der Waals surface area contributed by atoms with Gasteiger partial charge in [-0.1, -0.05) is 134 Å². The molecule has 274 valence electrons. The van der Waals surface area contributed by atoms with Crippen LogP contribution in [0.5, 0.6) is 0 Å². The zero-order valence-electron chi connectivity index (χ0n) is 32.6. The zero-order valence-corrected chi connectivity index (χ0v) is 32.6. The fraction of sp³-hybridized carbons (Fsp3) is 0.109. The molecule has 2 aliphatic carbocycles. The maximum Gasteiger partial charge on any atom is 0.0822 e. The molecule has 0 fully saturated rings. The molecule has 3 heteroatoms. The molecule has 1 unspecified atom stereocenters. The summed E-state index contributed by atoms with van der Waals surface area (Å²) in [5, 5.41) is 7.66. The van der Waals surface area contributed by atoms with Gasteiger partial charge in [0, 0.05) is 38.2 Å². The fourth-order valence-corrected chi connectivity index (χ4v) is 10.4. The SMILES string of the molecule is CCC1CCC=Cc2ncc3c(c21)c1c2cc(-c4ccccc4-c4ccccc4)ccc2c(-c2ccccc2-c2ccccc2)c2c4c5c(ncc4n3c21)C(C)=C=C5. The number of pyridine rings is 2. The van der Waals surface area contributed by atoms with E-state index in [9.17, 15) is 0 Å². The smallest absolute Gasteiger partial charge is 0.0822 e. The molecule has 0 spiro atoms. The molecule has 4 heterocycles. The Hall–Kier alpha value is -7.06. The minimum atomic E-state index is 0.394. The topological polar surface area (TPSA) is 30.2 Å². The number of allylic oxidation sites excluding steroid dienone is 2. The highest BCUT2D eigenvalue weighted by atomic mass is 14.9. The largest absolute Gasteiger partial charge is 0.305 e. The first kappa shape index (κ1) is 33.1. The number of rotatable bonds is 5. The Morgan fingerprint density at radius 2 is 1.28 bits per heavy atom. The van der Waals surface area contributed by atoms with Gasteiger partial charge in [0.2, 0.25) is 0 Å². The summed E-state index contributed by atoms with van der Waals surface area (Å²) in [5.74, 6) is 0.394. The molecule has 3 nitrogen and oxygen atoms in total. The highest BCUT2D eigenvalue weighted by molar-refractivity contribution is 6.38.